The van der Waals surface area contributed by atoms with E-state index < -0.39 is 28.9 Å². The Morgan fingerprint density at radius 2 is 1.92 bits per heavy atom. The van der Waals surface area contributed by atoms with E-state index in [0.717, 1.165) is 25.3 Å². The highest BCUT2D eigenvalue weighted by Gasteiger charge is 2.44. The Labute approximate surface area is 143 Å². The summed E-state index contributed by atoms with van der Waals surface area (Å²) in [6.07, 6.45) is 4.03. The number of nitrogens with one attached hydrogen (secondary N) is 1. The van der Waals surface area contributed by atoms with Gasteiger partial charge in [0.05, 0.1) is 5.69 Å². The van der Waals surface area contributed by atoms with Crippen molar-refractivity contribution in [3.05, 3.63) is 23.8 Å². The predicted octanol–water partition coefficient (Wildman–Crippen LogP) is 2.03. The van der Waals surface area contributed by atoms with Crippen molar-refractivity contribution in [2.24, 2.45) is 21.5 Å². The number of nitrogens with zero attached hydrogens (tertiary/aromatic N) is 3. The van der Waals surface area contributed by atoms with Gasteiger partial charge in [0.15, 0.2) is 5.82 Å². The molecule has 0 radical (unpaired) electrons. The van der Waals surface area contributed by atoms with Crippen LogP contribution in [0.5, 0.6) is 0 Å². The molecule has 0 unspecified atom stereocenters. The molecule has 1 fully saturated rings. The Kier molecular flexibility index (Phi) is 4.32. The van der Waals surface area contributed by atoms with Gasteiger partial charge in [0.2, 0.25) is 17.8 Å². The summed E-state index contributed by atoms with van der Waals surface area (Å²) in [4.78, 5) is 21.1. The monoisotopic (exact) mass is 350 g/mol. The van der Waals surface area contributed by atoms with Crippen molar-refractivity contribution in [3.63, 3.8) is 0 Å². The smallest absolute Gasteiger partial charge is 0.221 e. The van der Waals surface area contributed by atoms with Crippen LogP contribution in [-0.4, -0.2) is 23.5 Å². The molecule has 3 rings (SSSR count). The lowest BCUT2D eigenvalue weighted by Gasteiger charge is -2.45. The molecule has 1 aromatic rings. The quantitative estimate of drug-likeness (QED) is 0.758. The fraction of sp³-hybridized carbons (Fsp3) is 0.438. The molecule has 0 saturated heterocycles. The highest BCUT2D eigenvalue weighted by atomic mass is 19.1. The molecule has 1 spiro atoms. The van der Waals surface area contributed by atoms with Crippen molar-refractivity contribution < 1.29 is 13.6 Å². The topological polar surface area (TPSA) is 109 Å². The average molecular weight is 350 g/mol. The molecule has 2 aliphatic rings. The number of hydrogen-bond donors (Lipinski definition) is 3. The number of halogens is 2. The number of carbonyl (C=O) groups is 1. The Hall–Kier alpha value is -2.71. The zero-order chi connectivity index (χ0) is 18.2. The third kappa shape index (κ3) is 3.01. The summed E-state index contributed by atoms with van der Waals surface area (Å²) >= 11 is 0. The standard InChI is InChI=1S/C16H20F2N6O/c1-9(25)21-13-10(17)5-6-11(12(13)18)24-15(20)22-14(19)23-16(24)7-3-2-4-8-16/h5-6H,2-4,7-8H2,1H3,(H,21,25)(H4,19,20,22,23). The Morgan fingerprint density at radius 1 is 1.24 bits per heavy atom. The summed E-state index contributed by atoms with van der Waals surface area (Å²) in [6, 6.07) is 2.35. The van der Waals surface area contributed by atoms with Crippen molar-refractivity contribution in [3.8, 4) is 0 Å². The Bertz CT molecular complexity index is 770. The van der Waals surface area contributed by atoms with Crippen molar-refractivity contribution in [2.45, 2.75) is 44.7 Å². The highest BCUT2D eigenvalue weighted by molar-refractivity contribution is 6.06. The van der Waals surface area contributed by atoms with Crippen LogP contribution in [0, 0.1) is 11.6 Å². The van der Waals surface area contributed by atoms with E-state index in [0.29, 0.717) is 12.8 Å². The van der Waals surface area contributed by atoms with E-state index in [1.807, 2.05) is 0 Å². The van der Waals surface area contributed by atoms with E-state index in [-0.39, 0.29) is 17.6 Å². The molecule has 1 heterocycles. The lowest BCUT2D eigenvalue weighted by molar-refractivity contribution is -0.114. The molecule has 1 aromatic carbocycles. The molecule has 0 aromatic heterocycles. The first-order chi connectivity index (χ1) is 11.8. The normalized spacial score (nSPS) is 19.4. The van der Waals surface area contributed by atoms with Gasteiger partial charge in [-0.25, -0.2) is 13.8 Å². The van der Waals surface area contributed by atoms with Crippen LogP contribution in [0.3, 0.4) is 0 Å². The van der Waals surface area contributed by atoms with Crippen LogP contribution in [0.25, 0.3) is 0 Å². The summed E-state index contributed by atoms with van der Waals surface area (Å²) in [5.74, 6) is -2.34. The Balaban J connectivity index is 2.13. The summed E-state index contributed by atoms with van der Waals surface area (Å²) in [7, 11) is 0. The van der Waals surface area contributed by atoms with Crippen LogP contribution in [0.1, 0.15) is 39.0 Å². The number of rotatable bonds is 2. The van der Waals surface area contributed by atoms with Crippen LogP contribution in [-0.2, 0) is 4.79 Å². The lowest BCUT2D eigenvalue weighted by atomic mass is 9.87. The molecule has 0 atom stereocenters. The largest absolute Gasteiger partial charge is 0.369 e. The van der Waals surface area contributed by atoms with Crippen LogP contribution in [0.4, 0.5) is 20.2 Å². The molecule has 1 aliphatic carbocycles. The van der Waals surface area contributed by atoms with E-state index in [4.69, 9.17) is 11.5 Å². The van der Waals surface area contributed by atoms with Crippen LogP contribution < -0.4 is 21.7 Å². The summed E-state index contributed by atoms with van der Waals surface area (Å²) in [5, 5.41) is 2.18. The summed E-state index contributed by atoms with van der Waals surface area (Å²) in [5.41, 5.74) is 10.4. The molecule has 1 saturated carbocycles. The lowest BCUT2D eigenvalue weighted by Crippen LogP contribution is -2.58. The second-order valence-corrected chi connectivity index (χ2v) is 6.26. The number of hydrogen-bond acceptors (Lipinski definition) is 6. The number of guanidine groups is 2. The fourth-order valence-corrected chi connectivity index (χ4v) is 3.47. The minimum absolute atomic E-state index is 0.00421. The SMILES string of the molecule is CC(=O)Nc1c(F)ccc(N2C(N)=NC(N)=NC23CCCCC3)c1F. The molecule has 5 N–H and O–H groups in total. The second kappa shape index (κ2) is 6.30. The van der Waals surface area contributed by atoms with Gasteiger partial charge in [-0.1, -0.05) is 6.42 Å². The van der Waals surface area contributed by atoms with Gasteiger partial charge in [-0.3, -0.25) is 9.69 Å². The maximum Gasteiger partial charge on any atom is 0.221 e. The molecule has 1 amide bonds. The maximum absolute atomic E-state index is 15.0. The van der Waals surface area contributed by atoms with Crippen molar-refractivity contribution >= 4 is 29.2 Å². The predicted molar refractivity (Wildman–Crippen MR) is 92.2 cm³/mol. The first-order valence-corrected chi connectivity index (χ1v) is 8.09. The zero-order valence-corrected chi connectivity index (χ0v) is 13.9. The molecule has 0 bridgehead atoms. The minimum atomic E-state index is -0.922. The fourth-order valence-electron chi connectivity index (χ4n) is 3.47. The second-order valence-electron chi connectivity index (χ2n) is 6.26. The number of amides is 1. The van der Waals surface area contributed by atoms with Gasteiger partial charge >= 0.3 is 0 Å². The Morgan fingerprint density at radius 3 is 2.56 bits per heavy atom. The number of benzene rings is 1. The van der Waals surface area contributed by atoms with Gasteiger partial charge in [-0.05, 0) is 37.8 Å². The van der Waals surface area contributed by atoms with Crippen LogP contribution in [0.2, 0.25) is 0 Å². The maximum atomic E-state index is 15.0. The van der Waals surface area contributed by atoms with E-state index in [1.165, 1.54) is 17.9 Å². The van der Waals surface area contributed by atoms with Crippen LogP contribution in [0.15, 0.2) is 22.1 Å². The first kappa shape index (κ1) is 17.1. The van der Waals surface area contributed by atoms with E-state index >= 15 is 4.39 Å². The van der Waals surface area contributed by atoms with Gasteiger partial charge in [-0.2, -0.15) is 4.99 Å². The number of carbonyl (C=O) groups excluding carboxylic acids is 1. The van der Waals surface area contributed by atoms with Crippen LogP contribution >= 0.6 is 0 Å². The minimum Gasteiger partial charge on any atom is -0.369 e. The zero-order valence-electron chi connectivity index (χ0n) is 13.9. The molecule has 9 heteroatoms. The average Bonchev–Trinajstić information content (AvgIpc) is 2.53. The van der Waals surface area contributed by atoms with Gasteiger partial charge in [0.25, 0.3) is 0 Å². The molecule has 7 nitrogen and oxygen atoms in total. The summed E-state index contributed by atoms with van der Waals surface area (Å²) < 4.78 is 29.0. The van der Waals surface area contributed by atoms with E-state index in [1.54, 1.807) is 0 Å². The number of aliphatic imine (C=N–C) groups is 2. The molecule has 25 heavy (non-hydrogen) atoms. The van der Waals surface area contributed by atoms with Crippen molar-refractivity contribution in [1.82, 2.24) is 0 Å². The van der Waals surface area contributed by atoms with Gasteiger partial charge in [0, 0.05) is 6.92 Å². The summed E-state index contributed by atoms with van der Waals surface area (Å²) in [6.45, 7) is 1.18. The van der Waals surface area contributed by atoms with Gasteiger partial charge < -0.3 is 16.8 Å². The van der Waals surface area contributed by atoms with Gasteiger partial charge in [0.1, 0.15) is 17.2 Å². The molecule has 134 valence electrons. The van der Waals surface area contributed by atoms with Crippen molar-refractivity contribution in [1.29, 1.82) is 0 Å². The first-order valence-electron chi connectivity index (χ1n) is 8.09. The third-order valence-electron chi connectivity index (χ3n) is 4.46. The number of anilines is 2. The molecular formula is C16H20F2N6O. The van der Waals surface area contributed by atoms with Crippen molar-refractivity contribution in [2.75, 3.05) is 10.2 Å². The number of nitrogens with two attached hydrogens (primary N) is 2. The van der Waals surface area contributed by atoms with E-state index in [9.17, 15) is 9.18 Å². The highest BCUT2D eigenvalue weighted by Crippen LogP contribution is 2.41. The molecular weight excluding hydrogens is 330 g/mol. The molecule has 1 aliphatic heterocycles. The van der Waals surface area contributed by atoms with E-state index in [2.05, 4.69) is 15.3 Å². The third-order valence-corrected chi connectivity index (χ3v) is 4.46. The van der Waals surface area contributed by atoms with Gasteiger partial charge in [-0.15, -0.1) is 0 Å².